The fraction of sp³-hybridized carbons (Fsp3) is 0.933. The van der Waals surface area contributed by atoms with E-state index in [9.17, 15) is 9.90 Å². The molecular formula is C15H30N2O3. The largest absolute Gasteiger partial charge is 0.444 e. The van der Waals surface area contributed by atoms with Crippen molar-refractivity contribution < 1.29 is 14.6 Å². The van der Waals surface area contributed by atoms with Crippen LogP contribution in [0.4, 0.5) is 4.79 Å². The molecule has 1 amide bonds. The van der Waals surface area contributed by atoms with Crippen molar-refractivity contribution in [2.45, 2.75) is 71.1 Å². The molecule has 1 heterocycles. The van der Waals surface area contributed by atoms with Crippen LogP contribution in [-0.4, -0.2) is 53.0 Å². The SMILES string of the molecule is CCC(C)NCC1(O)CCN(C(=O)OC(C)(C)C)CC1. The maximum absolute atomic E-state index is 11.9. The third kappa shape index (κ3) is 5.67. The van der Waals surface area contributed by atoms with E-state index in [1.807, 2.05) is 20.8 Å². The van der Waals surface area contributed by atoms with Gasteiger partial charge in [0.25, 0.3) is 0 Å². The molecule has 0 saturated carbocycles. The van der Waals surface area contributed by atoms with Gasteiger partial charge in [-0.05, 0) is 47.0 Å². The number of nitrogens with zero attached hydrogens (tertiary/aromatic N) is 1. The Bertz CT molecular complexity index is 318. The average Bonchev–Trinajstić information content (AvgIpc) is 2.34. The van der Waals surface area contributed by atoms with E-state index in [-0.39, 0.29) is 6.09 Å². The molecule has 1 aliphatic rings. The van der Waals surface area contributed by atoms with Crippen LogP contribution in [0.2, 0.25) is 0 Å². The van der Waals surface area contributed by atoms with Crippen LogP contribution in [0.3, 0.4) is 0 Å². The predicted molar refractivity (Wildman–Crippen MR) is 79.7 cm³/mol. The molecule has 1 atom stereocenters. The second-order valence-corrected chi connectivity index (χ2v) is 6.88. The number of hydrogen-bond acceptors (Lipinski definition) is 4. The lowest BCUT2D eigenvalue weighted by atomic mass is 9.91. The minimum Gasteiger partial charge on any atom is -0.444 e. The van der Waals surface area contributed by atoms with Gasteiger partial charge in [-0.1, -0.05) is 6.92 Å². The van der Waals surface area contributed by atoms with E-state index in [0.29, 0.717) is 38.5 Å². The van der Waals surface area contributed by atoms with Gasteiger partial charge in [0.2, 0.25) is 0 Å². The van der Waals surface area contributed by atoms with Crippen LogP contribution >= 0.6 is 0 Å². The lowest BCUT2D eigenvalue weighted by Gasteiger charge is -2.39. The van der Waals surface area contributed by atoms with Gasteiger partial charge in [-0.25, -0.2) is 4.79 Å². The topological polar surface area (TPSA) is 61.8 Å². The molecule has 1 aliphatic heterocycles. The molecule has 0 aromatic rings. The number of ether oxygens (including phenoxy) is 1. The molecule has 1 saturated heterocycles. The number of nitrogens with one attached hydrogen (secondary N) is 1. The Morgan fingerprint density at radius 2 is 1.95 bits per heavy atom. The number of likely N-dealkylation sites (tertiary alicyclic amines) is 1. The van der Waals surface area contributed by atoms with Gasteiger partial charge < -0.3 is 20.1 Å². The summed E-state index contributed by atoms with van der Waals surface area (Å²) < 4.78 is 5.35. The van der Waals surface area contributed by atoms with Crippen LogP contribution in [0.25, 0.3) is 0 Å². The molecule has 1 fully saturated rings. The van der Waals surface area contributed by atoms with Gasteiger partial charge in [0.1, 0.15) is 5.60 Å². The van der Waals surface area contributed by atoms with Crippen LogP contribution in [0.1, 0.15) is 53.9 Å². The summed E-state index contributed by atoms with van der Waals surface area (Å²) in [4.78, 5) is 13.6. The lowest BCUT2D eigenvalue weighted by molar-refractivity contribution is -0.0319. The Kier molecular flexibility index (Phi) is 5.83. The second-order valence-electron chi connectivity index (χ2n) is 6.88. The molecule has 5 heteroatoms. The lowest BCUT2D eigenvalue weighted by Crippen LogP contribution is -2.53. The van der Waals surface area contributed by atoms with Gasteiger partial charge in [0, 0.05) is 25.7 Å². The Morgan fingerprint density at radius 1 is 1.40 bits per heavy atom. The zero-order valence-corrected chi connectivity index (χ0v) is 13.5. The third-order valence-corrected chi connectivity index (χ3v) is 3.74. The number of amides is 1. The van der Waals surface area contributed by atoms with Gasteiger partial charge in [-0.15, -0.1) is 0 Å². The van der Waals surface area contributed by atoms with E-state index in [1.54, 1.807) is 4.90 Å². The zero-order valence-electron chi connectivity index (χ0n) is 13.5. The molecule has 1 unspecified atom stereocenters. The Morgan fingerprint density at radius 3 is 2.40 bits per heavy atom. The molecule has 0 aliphatic carbocycles. The third-order valence-electron chi connectivity index (χ3n) is 3.74. The van der Waals surface area contributed by atoms with Crippen LogP contribution in [-0.2, 0) is 4.74 Å². The second kappa shape index (κ2) is 6.76. The number of hydrogen-bond donors (Lipinski definition) is 2. The van der Waals surface area contributed by atoms with Crippen molar-refractivity contribution in [2.75, 3.05) is 19.6 Å². The normalized spacial score (nSPS) is 20.6. The summed E-state index contributed by atoms with van der Waals surface area (Å²) in [6.45, 7) is 11.5. The summed E-state index contributed by atoms with van der Waals surface area (Å²) in [5, 5.41) is 13.8. The van der Waals surface area contributed by atoms with Gasteiger partial charge in [0.15, 0.2) is 0 Å². The summed E-state index contributed by atoms with van der Waals surface area (Å²) in [5.41, 5.74) is -1.18. The van der Waals surface area contributed by atoms with Crippen LogP contribution in [0.5, 0.6) is 0 Å². The molecule has 2 N–H and O–H groups in total. The van der Waals surface area contributed by atoms with Gasteiger partial charge >= 0.3 is 6.09 Å². The molecular weight excluding hydrogens is 256 g/mol. The van der Waals surface area contributed by atoms with Crippen molar-refractivity contribution in [1.29, 1.82) is 0 Å². The van der Waals surface area contributed by atoms with Crippen LogP contribution in [0.15, 0.2) is 0 Å². The van der Waals surface area contributed by atoms with Crippen molar-refractivity contribution in [3.05, 3.63) is 0 Å². The van der Waals surface area contributed by atoms with E-state index in [2.05, 4.69) is 19.2 Å². The first-order chi connectivity index (χ1) is 9.15. The minimum atomic E-state index is -0.706. The number of rotatable bonds is 4. The molecule has 5 nitrogen and oxygen atoms in total. The molecule has 118 valence electrons. The molecule has 0 aromatic carbocycles. The van der Waals surface area contributed by atoms with Crippen molar-refractivity contribution in [2.24, 2.45) is 0 Å². The molecule has 0 bridgehead atoms. The number of carbonyl (C=O) groups excluding carboxylic acids is 1. The summed E-state index contributed by atoms with van der Waals surface area (Å²) in [5.74, 6) is 0. The Labute approximate surface area is 122 Å². The quantitative estimate of drug-likeness (QED) is 0.831. The minimum absolute atomic E-state index is 0.283. The van der Waals surface area contributed by atoms with Gasteiger partial charge in [-0.2, -0.15) is 0 Å². The number of piperidine rings is 1. The highest BCUT2D eigenvalue weighted by Gasteiger charge is 2.35. The predicted octanol–water partition coefficient (Wildman–Crippen LogP) is 2.14. The Hall–Kier alpha value is -0.810. The fourth-order valence-corrected chi connectivity index (χ4v) is 2.12. The first kappa shape index (κ1) is 17.2. The van der Waals surface area contributed by atoms with Crippen LogP contribution in [0, 0.1) is 0 Å². The number of aliphatic hydroxyl groups is 1. The molecule has 0 spiro atoms. The number of carbonyl (C=O) groups is 1. The van der Waals surface area contributed by atoms with Crippen molar-refractivity contribution in [3.8, 4) is 0 Å². The molecule has 0 aromatic heterocycles. The van der Waals surface area contributed by atoms with Crippen LogP contribution < -0.4 is 5.32 Å². The van der Waals surface area contributed by atoms with E-state index in [1.165, 1.54) is 0 Å². The van der Waals surface area contributed by atoms with Crippen molar-refractivity contribution in [1.82, 2.24) is 10.2 Å². The molecule has 20 heavy (non-hydrogen) atoms. The van der Waals surface area contributed by atoms with E-state index in [0.717, 1.165) is 6.42 Å². The molecule has 1 rings (SSSR count). The molecule has 0 radical (unpaired) electrons. The summed E-state index contributed by atoms with van der Waals surface area (Å²) in [6.07, 6.45) is 1.94. The van der Waals surface area contributed by atoms with E-state index < -0.39 is 11.2 Å². The van der Waals surface area contributed by atoms with Gasteiger partial charge in [-0.3, -0.25) is 0 Å². The van der Waals surface area contributed by atoms with Crippen molar-refractivity contribution >= 4 is 6.09 Å². The maximum atomic E-state index is 11.9. The average molecular weight is 286 g/mol. The highest BCUT2D eigenvalue weighted by Crippen LogP contribution is 2.23. The maximum Gasteiger partial charge on any atom is 0.410 e. The zero-order chi connectivity index (χ0) is 15.4. The standard InChI is InChI=1S/C15H30N2O3/c1-6-12(2)16-11-15(19)7-9-17(10-8-15)13(18)20-14(3,4)5/h12,16,19H,6-11H2,1-5H3. The summed E-state index contributed by atoms with van der Waals surface area (Å²) in [7, 11) is 0. The smallest absolute Gasteiger partial charge is 0.410 e. The summed E-state index contributed by atoms with van der Waals surface area (Å²) in [6, 6.07) is 0.405. The van der Waals surface area contributed by atoms with Gasteiger partial charge in [0.05, 0.1) is 5.60 Å². The fourth-order valence-electron chi connectivity index (χ4n) is 2.12. The van der Waals surface area contributed by atoms with E-state index >= 15 is 0 Å². The highest BCUT2D eigenvalue weighted by molar-refractivity contribution is 5.68. The Balaban J connectivity index is 2.40. The van der Waals surface area contributed by atoms with Crippen molar-refractivity contribution in [3.63, 3.8) is 0 Å². The summed E-state index contributed by atoms with van der Waals surface area (Å²) >= 11 is 0. The first-order valence-electron chi connectivity index (χ1n) is 7.59. The highest BCUT2D eigenvalue weighted by atomic mass is 16.6. The van der Waals surface area contributed by atoms with E-state index in [4.69, 9.17) is 4.74 Å². The first-order valence-corrected chi connectivity index (χ1v) is 7.59. The monoisotopic (exact) mass is 286 g/mol.